The van der Waals surface area contributed by atoms with Gasteiger partial charge in [-0.25, -0.2) is 18.5 Å². The van der Waals surface area contributed by atoms with Gasteiger partial charge in [-0.3, -0.25) is 18.9 Å². The number of aryl methyl sites for hydroxylation is 1. The molecule has 0 saturated carbocycles. The summed E-state index contributed by atoms with van der Waals surface area (Å²) in [5, 5.41) is 9.11. The highest BCUT2D eigenvalue weighted by Gasteiger charge is 2.46. The smallest absolute Gasteiger partial charge is 0.389 e. The third-order valence-electron chi connectivity index (χ3n) is 3.58. The molecule has 1 fully saturated rings. The zero-order chi connectivity index (χ0) is 23.1. The Bertz CT molecular complexity index is 1050. The number of aromatic nitrogens is 2. The first-order chi connectivity index (χ1) is 13.5. The van der Waals surface area contributed by atoms with E-state index in [2.05, 4.69) is 25.8 Å². The van der Waals surface area contributed by atoms with Gasteiger partial charge in [-0.2, -0.15) is 21.3 Å². The predicted octanol–water partition coefficient (Wildman–Crippen LogP) is -1.25. The Balaban J connectivity index is 2.09. The molecule has 6 N–H and O–H groups in total. The van der Waals surface area contributed by atoms with Gasteiger partial charge in [0.25, 0.3) is 5.56 Å². The summed E-state index contributed by atoms with van der Waals surface area (Å²) in [7, 11) is -16.7. The molecular weight excluding hydrogens is 497 g/mol. The number of hydrogen-bond donors (Lipinski definition) is 7. The van der Waals surface area contributed by atoms with Gasteiger partial charge in [0.15, 0.2) is 6.23 Å². The van der Waals surface area contributed by atoms with Gasteiger partial charge >= 0.3 is 29.2 Å². The van der Waals surface area contributed by atoms with E-state index in [9.17, 15) is 33.3 Å². The molecule has 1 aromatic heterocycles. The van der Waals surface area contributed by atoms with Gasteiger partial charge in [0.1, 0.15) is 6.10 Å². The number of nitrogens with one attached hydrogen (secondary N) is 1. The topological polar surface area (TPSA) is 244 Å². The Kier molecular flexibility index (Phi) is 7.75. The van der Waals surface area contributed by atoms with Gasteiger partial charge in [0, 0.05) is 11.8 Å². The van der Waals surface area contributed by atoms with E-state index in [0.717, 1.165) is 10.8 Å². The lowest BCUT2D eigenvalue weighted by Gasteiger charge is -2.19. The van der Waals surface area contributed by atoms with Crippen LogP contribution in [0.4, 0.5) is 0 Å². The Morgan fingerprint density at radius 3 is 2.33 bits per heavy atom. The fraction of sp³-hybridized carbons (Fsp3) is 0.600. The molecule has 0 spiro atoms. The molecule has 1 saturated heterocycles. The average Bonchev–Trinajstić information content (AvgIpc) is 2.81. The molecule has 1 aliphatic rings. The molecule has 2 rings (SSSR count). The van der Waals surface area contributed by atoms with Gasteiger partial charge in [-0.15, -0.1) is 0 Å². The minimum atomic E-state index is -5.70. The molecule has 2 heterocycles. The summed E-state index contributed by atoms with van der Waals surface area (Å²) in [6.45, 7) is 0.468. The molecule has 0 aromatic carbocycles. The molecule has 0 aliphatic carbocycles. The first kappa shape index (κ1) is 25.6. The van der Waals surface area contributed by atoms with E-state index in [4.69, 9.17) is 19.4 Å². The molecule has 16 nitrogen and oxygen atoms in total. The van der Waals surface area contributed by atoms with Crippen molar-refractivity contribution >= 4 is 36.1 Å². The van der Waals surface area contributed by atoms with Crippen LogP contribution in [0.5, 0.6) is 0 Å². The zero-order valence-corrected chi connectivity index (χ0v) is 18.3. The molecule has 0 radical (unpaired) electrons. The first-order valence-corrected chi connectivity index (χ1v) is 12.7. The summed E-state index contributed by atoms with van der Waals surface area (Å²) < 4.78 is 51.4. The highest BCUT2D eigenvalue weighted by Crippen LogP contribution is 2.66. The largest absolute Gasteiger partial charge is 0.490 e. The van der Waals surface area contributed by atoms with E-state index in [1.54, 1.807) is 0 Å². The van der Waals surface area contributed by atoms with Crippen molar-refractivity contribution in [2.75, 3.05) is 6.61 Å². The lowest BCUT2D eigenvalue weighted by atomic mass is 10.2. The number of ether oxygens (including phenoxy) is 1. The Labute approximate surface area is 172 Å². The van der Waals surface area contributed by atoms with Crippen LogP contribution >= 0.6 is 36.1 Å². The van der Waals surface area contributed by atoms with Gasteiger partial charge in [-0.05, 0) is 6.92 Å². The molecule has 1 aliphatic heterocycles. The van der Waals surface area contributed by atoms with Crippen molar-refractivity contribution in [1.29, 1.82) is 0 Å². The number of rotatable bonds is 8. The molecular formula is C10H17N2O14P3S. The summed E-state index contributed by atoms with van der Waals surface area (Å²) >= 11 is 4.11. The van der Waals surface area contributed by atoms with Gasteiger partial charge in [0.05, 0.1) is 18.0 Å². The molecule has 0 amide bonds. The monoisotopic (exact) mass is 514 g/mol. The maximum absolute atomic E-state index is 12.0. The molecule has 30 heavy (non-hydrogen) atoms. The molecule has 172 valence electrons. The third kappa shape index (κ3) is 6.68. The van der Waals surface area contributed by atoms with E-state index >= 15 is 0 Å². The normalized spacial score (nSPS) is 28.8. The predicted molar refractivity (Wildman–Crippen MR) is 98.6 cm³/mol. The summed E-state index contributed by atoms with van der Waals surface area (Å²) in [6, 6.07) is 0. The number of nitrogens with zero attached hydrogens (tertiary/aromatic N) is 1. The molecule has 1 aromatic rings. The van der Waals surface area contributed by atoms with Crippen LogP contribution in [-0.2, 0) is 31.6 Å². The van der Waals surface area contributed by atoms with E-state index in [1.807, 2.05) is 4.98 Å². The summed E-state index contributed by atoms with van der Waals surface area (Å²) in [6.07, 6.45) is -2.97. The van der Waals surface area contributed by atoms with Crippen LogP contribution in [0.3, 0.4) is 0 Å². The number of aliphatic hydroxyl groups excluding tert-OH is 1. The van der Waals surface area contributed by atoms with Crippen LogP contribution in [0.25, 0.3) is 0 Å². The number of phosphoric acid groups is 3. The highest BCUT2D eigenvalue weighted by molar-refractivity contribution is 7.81. The summed E-state index contributed by atoms with van der Waals surface area (Å²) in [5.41, 5.74) is -1.38. The first-order valence-electron chi connectivity index (χ1n) is 7.63. The van der Waals surface area contributed by atoms with Crippen LogP contribution in [0, 0.1) is 6.92 Å². The third-order valence-corrected chi connectivity index (χ3v) is 7.94. The van der Waals surface area contributed by atoms with Crippen LogP contribution in [0.2, 0.25) is 0 Å². The Morgan fingerprint density at radius 1 is 1.17 bits per heavy atom. The Hall–Kier alpha value is -0.640. The van der Waals surface area contributed by atoms with Crippen LogP contribution < -0.4 is 11.2 Å². The zero-order valence-electron chi connectivity index (χ0n) is 14.7. The van der Waals surface area contributed by atoms with E-state index in [1.165, 1.54) is 6.92 Å². The second kappa shape index (κ2) is 9.08. The van der Waals surface area contributed by atoms with Crippen molar-refractivity contribution in [2.24, 2.45) is 0 Å². The maximum Gasteiger partial charge on any atom is 0.490 e. The van der Waals surface area contributed by atoms with E-state index in [0.29, 0.717) is 0 Å². The Morgan fingerprint density at radius 2 is 1.77 bits per heavy atom. The lowest BCUT2D eigenvalue weighted by molar-refractivity contribution is -0.0448. The number of hydrogen-bond acceptors (Lipinski definition) is 11. The second-order valence-electron chi connectivity index (χ2n) is 5.91. The molecule has 0 bridgehead atoms. The van der Waals surface area contributed by atoms with Crippen molar-refractivity contribution < 1.29 is 56.3 Å². The van der Waals surface area contributed by atoms with E-state index in [-0.39, 0.29) is 5.56 Å². The number of aromatic amines is 1. The number of phosphoric ester groups is 1. The second-order valence-corrected chi connectivity index (χ2v) is 10.9. The SMILES string of the molecule is Cc1cn([C@@H]2O[C@H](COP(=O)(O)OP(=O)(O)OP(=O)(O)O)[C@H](O)[C@H]2S)c(=O)[nH]c1=O. The van der Waals surface area contributed by atoms with Gasteiger partial charge in [-0.1, -0.05) is 0 Å². The number of H-pyrrole nitrogens is 1. The van der Waals surface area contributed by atoms with Gasteiger partial charge in [0.2, 0.25) is 0 Å². The lowest BCUT2D eigenvalue weighted by Crippen LogP contribution is -2.36. The average molecular weight is 514 g/mol. The number of aliphatic hydroxyl groups is 1. The van der Waals surface area contributed by atoms with Crippen molar-refractivity contribution in [2.45, 2.75) is 30.6 Å². The molecule has 20 heteroatoms. The highest BCUT2D eigenvalue weighted by atomic mass is 32.1. The quantitative estimate of drug-likeness (QED) is 0.158. The fourth-order valence-electron chi connectivity index (χ4n) is 2.34. The maximum atomic E-state index is 12.0. The fourth-order valence-corrected chi connectivity index (χ4v) is 5.78. The minimum absolute atomic E-state index is 0.143. The molecule has 6 atom stereocenters. The van der Waals surface area contributed by atoms with Crippen molar-refractivity contribution in [3.63, 3.8) is 0 Å². The van der Waals surface area contributed by atoms with Crippen molar-refractivity contribution in [1.82, 2.24) is 9.55 Å². The van der Waals surface area contributed by atoms with E-state index < -0.39 is 65.0 Å². The standard InChI is InChI=1S/C10H17N2O14P3S/c1-4-2-12(10(15)11-8(4)14)9-7(30)6(13)5(24-9)3-23-28(19,20)26-29(21,22)25-27(16,17)18/h2,5-7,9,13,30H,3H2,1H3,(H,19,20)(H,21,22)(H,11,14,15)(H2,16,17,18)/t5-,6+,7-,9-/m1/s1. The van der Waals surface area contributed by atoms with Crippen molar-refractivity contribution in [3.8, 4) is 0 Å². The minimum Gasteiger partial charge on any atom is -0.389 e. The molecule has 2 unspecified atom stereocenters. The number of thiol groups is 1. The summed E-state index contributed by atoms with van der Waals surface area (Å²) in [5.74, 6) is 0. The van der Waals surface area contributed by atoms with Crippen LogP contribution in [0.1, 0.15) is 11.8 Å². The van der Waals surface area contributed by atoms with Gasteiger partial charge < -0.3 is 29.4 Å². The summed E-state index contributed by atoms with van der Waals surface area (Å²) in [4.78, 5) is 60.9. The van der Waals surface area contributed by atoms with Crippen molar-refractivity contribution in [3.05, 3.63) is 32.6 Å². The van der Waals surface area contributed by atoms with Crippen LogP contribution in [-0.4, -0.2) is 58.3 Å². The van der Waals surface area contributed by atoms with Crippen LogP contribution in [0.15, 0.2) is 15.8 Å².